The van der Waals surface area contributed by atoms with E-state index in [1.165, 1.54) is 5.69 Å². The first-order chi connectivity index (χ1) is 12.1. The molecule has 2 heterocycles. The van der Waals surface area contributed by atoms with Gasteiger partial charge in [-0.15, -0.1) is 0 Å². The minimum absolute atomic E-state index is 0.0620. The van der Waals surface area contributed by atoms with Crippen LogP contribution in [0.25, 0.3) is 0 Å². The molecule has 0 spiro atoms. The third kappa shape index (κ3) is 2.99. The van der Waals surface area contributed by atoms with Crippen molar-refractivity contribution in [3.8, 4) is 0 Å². The van der Waals surface area contributed by atoms with Gasteiger partial charge in [-0.3, -0.25) is 9.78 Å². The Hall–Kier alpha value is -2.07. The van der Waals surface area contributed by atoms with Gasteiger partial charge in [-0.2, -0.15) is 0 Å². The predicted octanol–water partition coefficient (Wildman–Crippen LogP) is 3.93. The van der Waals surface area contributed by atoms with Crippen LogP contribution in [-0.2, 0) is 12.0 Å². The summed E-state index contributed by atoms with van der Waals surface area (Å²) < 4.78 is 0. The van der Waals surface area contributed by atoms with E-state index < -0.39 is 0 Å². The molecule has 1 saturated carbocycles. The van der Waals surface area contributed by atoms with Crippen LogP contribution in [-0.4, -0.2) is 24.5 Å². The molecule has 0 saturated heterocycles. The zero-order chi connectivity index (χ0) is 17.4. The van der Waals surface area contributed by atoms with Crippen LogP contribution in [0.1, 0.15) is 47.4 Å². The molecule has 25 heavy (non-hydrogen) atoms. The molecule has 2 aliphatic rings. The maximum atomic E-state index is 12.7. The van der Waals surface area contributed by atoms with Crippen LogP contribution >= 0.6 is 11.6 Å². The van der Waals surface area contributed by atoms with E-state index in [2.05, 4.69) is 29.4 Å². The molecule has 1 N–H and O–H groups in total. The van der Waals surface area contributed by atoms with Crippen molar-refractivity contribution in [1.82, 2.24) is 10.3 Å². The number of hydrogen-bond donors (Lipinski definition) is 1. The number of aryl methyl sites for hydroxylation is 1. The Balaban J connectivity index is 1.61. The Kier molecular flexibility index (Phi) is 4.16. The molecule has 0 radical (unpaired) electrons. The Morgan fingerprint density at radius 1 is 1.16 bits per heavy atom. The average molecular weight is 356 g/mol. The third-order valence-electron chi connectivity index (χ3n) is 5.43. The van der Waals surface area contributed by atoms with E-state index >= 15 is 0 Å². The van der Waals surface area contributed by atoms with Crippen LogP contribution in [0.2, 0.25) is 5.02 Å². The molecule has 130 valence electrons. The molecule has 0 bridgehead atoms. The standard InChI is InChI=1S/C20H22ClN3O/c1-24-13-2-4-16-17(24)9-10-18(22-16)20(11-3-12-20)23-19(25)14-5-7-15(21)8-6-14/h5-10H,2-4,11-13H2,1H3,(H,23,25). The molecule has 1 amide bonds. The van der Waals surface area contributed by atoms with Gasteiger partial charge < -0.3 is 10.2 Å². The monoisotopic (exact) mass is 355 g/mol. The van der Waals surface area contributed by atoms with Gasteiger partial charge in [-0.1, -0.05) is 11.6 Å². The van der Waals surface area contributed by atoms with Gasteiger partial charge in [0.05, 0.1) is 22.6 Å². The third-order valence-corrected chi connectivity index (χ3v) is 5.68. The molecule has 0 atom stereocenters. The first kappa shape index (κ1) is 16.4. The van der Waals surface area contributed by atoms with Gasteiger partial charge in [0.2, 0.25) is 0 Å². The quantitative estimate of drug-likeness (QED) is 0.907. The first-order valence-electron chi connectivity index (χ1n) is 8.87. The lowest BCUT2D eigenvalue weighted by Gasteiger charge is -2.42. The fourth-order valence-electron chi connectivity index (χ4n) is 3.76. The van der Waals surface area contributed by atoms with Gasteiger partial charge >= 0.3 is 0 Å². The molecular formula is C20H22ClN3O. The molecule has 4 rings (SSSR count). The normalized spacial score (nSPS) is 18.2. The molecular weight excluding hydrogens is 334 g/mol. The number of hydrogen-bond acceptors (Lipinski definition) is 3. The summed E-state index contributed by atoms with van der Waals surface area (Å²) in [6.45, 7) is 1.08. The van der Waals surface area contributed by atoms with Crippen LogP contribution in [0.5, 0.6) is 0 Å². The van der Waals surface area contributed by atoms with Crippen LogP contribution in [0.4, 0.5) is 5.69 Å². The minimum Gasteiger partial charge on any atom is -0.373 e. The summed E-state index contributed by atoms with van der Waals surface area (Å²) >= 11 is 5.92. The number of halogens is 1. The molecule has 1 aliphatic carbocycles. The average Bonchev–Trinajstić information content (AvgIpc) is 2.58. The number of amides is 1. The van der Waals surface area contributed by atoms with Gasteiger partial charge in [0, 0.05) is 24.2 Å². The van der Waals surface area contributed by atoms with Crippen molar-refractivity contribution in [2.75, 3.05) is 18.5 Å². The smallest absolute Gasteiger partial charge is 0.252 e. The number of anilines is 1. The molecule has 1 aromatic heterocycles. The zero-order valence-electron chi connectivity index (χ0n) is 14.4. The van der Waals surface area contributed by atoms with Gasteiger partial charge in [0.15, 0.2) is 0 Å². The van der Waals surface area contributed by atoms with Crippen molar-refractivity contribution in [3.63, 3.8) is 0 Å². The van der Waals surface area contributed by atoms with Gasteiger partial charge in [0.1, 0.15) is 0 Å². The lowest BCUT2D eigenvalue weighted by molar-refractivity contribution is 0.0816. The molecule has 0 unspecified atom stereocenters. The van der Waals surface area contributed by atoms with E-state index in [1.807, 2.05) is 0 Å². The fraction of sp³-hybridized carbons (Fsp3) is 0.400. The maximum Gasteiger partial charge on any atom is 0.252 e. The number of fused-ring (bicyclic) bond motifs is 1. The second-order valence-electron chi connectivity index (χ2n) is 7.08. The Bertz CT molecular complexity index is 799. The highest BCUT2D eigenvalue weighted by Gasteiger charge is 2.42. The fourth-order valence-corrected chi connectivity index (χ4v) is 3.89. The Morgan fingerprint density at radius 2 is 1.92 bits per heavy atom. The maximum absolute atomic E-state index is 12.7. The SMILES string of the molecule is CN1CCCc2nc(C3(NC(=O)c4ccc(Cl)cc4)CCC3)ccc21. The lowest BCUT2D eigenvalue weighted by atomic mass is 9.73. The van der Waals surface area contributed by atoms with E-state index in [0.717, 1.165) is 50.0 Å². The van der Waals surface area contributed by atoms with E-state index in [-0.39, 0.29) is 11.4 Å². The van der Waals surface area contributed by atoms with Crippen molar-refractivity contribution < 1.29 is 4.79 Å². The number of pyridine rings is 1. The van der Waals surface area contributed by atoms with Crippen LogP contribution in [0.3, 0.4) is 0 Å². The summed E-state index contributed by atoms with van der Waals surface area (Å²) in [6.07, 6.45) is 5.13. The van der Waals surface area contributed by atoms with Gasteiger partial charge in [0.25, 0.3) is 5.91 Å². The number of carbonyl (C=O) groups excluding carboxylic acids is 1. The number of benzene rings is 1. The second-order valence-corrected chi connectivity index (χ2v) is 7.52. The summed E-state index contributed by atoms with van der Waals surface area (Å²) in [7, 11) is 2.11. The number of carbonyl (C=O) groups is 1. The van der Waals surface area contributed by atoms with E-state index in [4.69, 9.17) is 16.6 Å². The predicted molar refractivity (Wildman–Crippen MR) is 100 cm³/mol. The summed E-state index contributed by atoms with van der Waals surface area (Å²) in [5.41, 5.74) is 3.66. The van der Waals surface area contributed by atoms with Crippen LogP contribution in [0, 0.1) is 0 Å². The van der Waals surface area contributed by atoms with Gasteiger partial charge in [-0.05, 0) is 68.5 Å². The number of nitrogens with one attached hydrogen (secondary N) is 1. The number of nitrogens with zero attached hydrogens (tertiary/aromatic N) is 2. The van der Waals surface area contributed by atoms with E-state index in [0.29, 0.717) is 10.6 Å². The molecule has 2 aromatic rings. The zero-order valence-corrected chi connectivity index (χ0v) is 15.1. The summed E-state index contributed by atoms with van der Waals surface area (Å²) in [6, 6.07) is 11.3. The summed E-state index contributed by atoms with van der Waals surface area (Å²) in [4.78, 5) is 19.9. The van der Waals surface area contributed by atoms with E-state index in [9.17, 15) is 4.79 Å². The highest BCUT2D eigenvalue weighted by Crippen LogP contribution is 2.41. The van der Waals surface area contributed by atoms with Crippen LogP contribution in [0.15, 0.2) is 36.4 Å². The summed E-state index contributed by atoms with van der Waals surface area (Å²) in [5, 5.41) is 3.88. The van der Waals surface area contributed by atoms with Crippen molar-refractivity contribution in [1.29, 1.82) is 0 Å². The number of rotatable bonds is 3. The Morgan fingerprint density at radius 3 is 2.60 bits per heavy atom. The highest BCUT2D eigenvalue weighted by molar-refractivity contribution is 6.30. The minimum atomic E-state index is -0.332. The van der Waals surface area contributed by atoms with Gasteiger partial charge in [-0.25, -0.2) is 0 Å². The van der Waals surface area contributed by atoms with Crippen molar-refractivity contribution in [2.45, 2.75) is 37.6 Å². The highest BCUT2D eigenvalue weighted by atomic mass is 35.5. The molecule has 1 aromatic carbocycles. The summed E-state index contributed by atoms with van der Waals surface area (Å²) in [5.74, 6) is -0.0620. The van der Waals surface area contributed by atoms with Crippen molar-refractivity contribution in [2.24, 2.45) is 0 Å². The van der Waals surface area contributed by atoms with Crippen molar-refractivity contribution in [3.05, 3.63) is 58.4 Å². The topological polar surface area (TPSA) is 45.2 Å². The largest absolute Gasteiger partial charge is 0.373 e. The second kappa shape index (κ2) is 6.34. The Labute approximate surface area is 153 Å². The van der Waals surface area contributed by atoms with E-state index in [1.54, 1.807) is 24.3 Å². The first-order valence-corrected chi connectivity index (χ1v) is 9.25. The molecule has 1 aliphatic heterocycles. The number of aromatic nitrogens is 1. The lowest BCUT2D eigenvalue weighted by Crippen LogP contribution is -2.51. The molecule has 4 nitrogen and oxygen atoms in total. The van der Waals surface area contributed by atoms with Crippen LogP contribution < -0.4 is 10.2 Å². The molecule has 1 fully saturated rings. The van der Waals surface area contributed by atoms with Crippen molar-refractivity contribution >= 4 is 23.2 Å². The molecule has 5 heteroatoms.